The molecule has 0 aliphatic rings. The quantitative estimate of drug-likeness (QED) is 0.643. The van der Waals surface area contributed by atoms with Crippen LogP contribution in [0.15, 0.2) is 23.0 Å². The van der Waals surface area contributed by atoms with E-state index < -0.39 is 0 Å². The van der Waals surface area contributed by atoms with Crippen molar-refractivity contribution in [3.05, 3.63) is 33.4 Å². The Morgan fingerprint density at radius 1 is 1.31 bits per heavy atom. The normalized spacial score (nSPS) is 10.3. The summed E-state index contributed by atoms with van der Waals surface area (Å²) in [5, 5.41) is 21.9. The van der Waals surface area contributed by atoms with Gasteiger partial charge in [0.15, 0.2) is 5.00 Å². The van der Waals surface area contributed by atoms with Crippen LogP contribution in [0.5, 0.6) is 11.6 Å². The zero-order chi connectivity index (χ0) is 11.7. The number of benzene rings is 1. The van der Waals surface area contributed by atoms with E-state index in [0.717, 1.165) is 16.9 Å². The summed E-state index contributed by atoms with van der Waals surface area (Å²) in [6, 6.07) is 4.92. The average molecular weight is 238 g/mol. The van der Waals surface area contributed by atoms with Gasteiger partial charge in [-0.05, 0) is 24.6 Å². The van der Waals surface area contributed by atoms with Crippen molar-refractivity contribution >= 4 is 22.0 Å². The molecule has 0 fully saturated rings. The van der Waals surface area contributed by atoms with Crippen LogP contribution in [0.4, 0.5) is 10.7 Å². The third-order valence-corrected chi connectivity index (χ3v) is 2.74. The van der Waals surface area contributed by atoms with Gasteiger partial charge < -0.3 is 15.5 Å². The number of hydrogen-bond acceptors (Lipinski definition) is 5. The number of phenolic OH excluding ortho intramolecular Hbond substituents is 1. The van der Waals surface area contributed by atoms with Gasteiger partial charge in [-0.2, -0.15) is 0 Å². The number of aromatic hydroxyl groups is 2. The van der Waals surface area contributed by atoms with Crippen molar-refractivity contribution < 1.29 is 10.2 Å². The van der Waals surface area contributed by atoms with Gasteiger partial charge in [0.05, 0.1) is 0 Å². The van der Waals surface area contributed by atoms with E-state index in [1.807, 2.05) is 6.92 Å². The van der Waals surface area contributed by atoms with Crippen LogP contribution in [-0.2, 0) is 0 Å². The maximum Gasteiger partial charge on any atom is 0.309 e. The van der Waals surface area contributed by atoms with E-state index in [2.05, 4.69) is 10.3 Å². The number of aromatic amines is 1. The van der Waals surface area contributed by atoms with Crippen LogP contribution in [0.25, 0.3) is 0 Å². The predicted octanol–water partition coefficient (Wildman–Crippen LogP) is 1.90. The van der Waals surface area contributed by atoms with E-state index in [1.165, 1.54) is 6.07 Å². The summed E-state index contributed by atoms with van der Waals surface area (Å²) in [6.45, 7) is 1.84. The van der Waals surface area contributed by atoms with E-state index in [9.17, 15) is 15.0 Å². The largest absolute Gasteiger partial charge is 0.508 e. The van der Waals surface area contributed by atoms with E-state index in [0.29, 0.717) is 10.7 Å². The van der Waals surface area contributed by atoms with Crippen molar-refractivity contribution in [1.82, 2.24) is 4.98 Å². The lowest BCUT2D eigenvalue weighted by molar-refractivity contribution is 0.458. The smallest absolute Gasteiger partial charge is 0.309 e. The van der Waals surface area contributed by atoms with E-state index in [4.69, 9.17) is 0 Å². The summed E-state index contributed by atoms with van der Waals surface area (Å²) in [5.74, 6) is -0.0686. The van der Waals surface area contributed by atoms with Crippen LogP contribution < -0.4 is 10.2 Å². The highest BCUT2D eigenvalue weighted by Crippen LogP contribution is 2.29. The molecular formula is C10H10N2O3S. The molecule has 0 aliphatic carbocycles. The fourth-order valence-electron chi connectivity index (χ4n) is 1.37. The number of thiazole rings is 1. The molecule has 16 heavy (non-hydrogen) atoms. The van der Waals surface area contributed by atoms with Gasteiger partial charge in [0, 0.05) is 11.8 Å². The Bertz CT molecular complexity index is 553. The average Bonchev–Trinajstić information content (AvgIpc) is 2.43. The van der Waals surface area contributed by atoms with Gasteiger partial charge in [-0.3, -0.25) is 9.78 Å². The van der Waals surface area contributed by atoms with E-state index >= 15 is 0 Å². The predicted molar refractivity (Wildman–Crippen MR) is 62.7 cm³/mol. The molecule has 0 saturated heterocycles. The second kappa shape index (κ2) is 3.90. The Kier molecular flexibility index (Phi) is 2.57. The van der Waals surface area contributed by atoms with Gasteiger partial charge in [0.2, 0.25) is 5.88 Å². The highest BCUT2D eigenvalue weighted by atomic mass is 32.1. The molecule has 2 rings (SSSR count). The molecule has 4 N–H and O–H groups in total. The number of hydrogen-bond donors (Lipinski definition) is 4. The van der Waals surface area contributed by atoms with Crippen LogP contribution in [0.1, 0.15) is 5.56 Å². The van der Waals surface area contributed by atoms with E-state index in [1.54, 1.807) is 12.1 Å². The first-order chi connectivity index (χ1) is 7.54. The summed E-state index contributed by atoms with van der Waals surface area (Å²) in [7, 11) is 0. The zero-order valence-electron chi connectivity index (χ0n) is 8.44. The van der Waals surface area contributed by atoms with Crippen LogP contribution >= 0.6 is 11.3 Å². The Morgan fingerprint density at radius 3 is 2.62 bits per heavy atom. The van der Waals surface area contributed by atoms with Crippen molar-refractivity contribution in [2.75, 3.05) is 5.32 Å². The Balaban J connectivity index is 2.33. The van der Waals surface area contributed by atoms with Crippen LogP contribution in [0, 0.1) is 6.92 Å². The topological polar surface area (TPSA) is 85.4 Å². The molecule has 1 aromatic heterocycles. The first kappa shape index (κ1) is 10.6. The third-order valence-electron chi connectivity index (χ3n) is 1.95. The molecule has 84 valence electrons. The second-order valence-electron chi connectivity index (χ2n) is 3.37. The van der Waals surface area contributed by atoms with Crippen LogP contribution in [0.2, 0.25) is 0 Å². The minimum Gasteiger partial charge on any atom is -0.508 e. The fraction of sp³-hybridized carbons (Fsp3) is 0.100. The number of rotatable bonds is 2. The monoisotopic (exact) mass is 238 g/mol. The Morgan fingerprint density at radius 2 is 2.06 bits per heavy atom. The Hall–Kier alpha value is -1.95. The number of nitrogens with one attached hydrogen (secondary N) is 2. The lowest BCUT2D eigenvalue weighted by Gasteiger charge is -2.05. The highest BCUT2D eigenvalue weighted by Gasteiger charge is 2.07. The fourth-order valence-corrected chi connectivity index (χ4v) is 2.02. The molecule has 1 heterocycles. The molecule has 0 unspecified atom stereocenters. The first-order valence-electron chi connectivity index (χ1n) is 4.54. The van der Waals surface area contributed by atoms with Gasteiger partial charge in [0.1, 0.15) is 5.75 Å². The number of anilines is 2. The molecule has 0 bridgehead atoms. The molecule has 0 atom stereocenters. The standard InChI is InChI=1S/C10H10N2O3S/c1-5-2-6(4-7(13)3-5)11-9-8(14)12-10(15)16-9/h2-4,11,13-14H,1H3,(H,12,15). The SMILES string of the molecule is Cc1cc(O)cc(Nc2sc(=O)[nH]c2O)c1. The maximum atomic E-state index is 10.9. The second-order valence-corrected chi connectivity index (χ2v) is 4.36. The van der Waals surface area contributed by atoms with Crippen molar-refractivity contribution in [3.8, 4) is 11.6 Å². The lowest BCUT2D eigenvalue weighted by atomic mass is 10.2. The van der Waals surface area contributed by atoms with Crippen molar-refractivity contribution in [2.24, 2.45) is 0 Å². The molecule has 0 saturated carbocycles. The zero-order valence-corrected chi connectivity index (χ0v) is 9.26. The van der Waals surface area contributed by atoms with E-state index in [-0.39, 0.29) is 16.5 Å². The summed E-state index contributed by atoms with van der Waals surface area (Å²) in [6.07, 6.45) is 0. The molecule has 5 nitrogen and oxygen atoms in total. The third kappa shape index (κ3) is 2.17. The number of aromatic nitrogens is 1. The highest BCUT2D eigenvalue weighted by molar-refractivity contribution is 7.13. The lowest BCUT2D eigenvalue weighted by Crippen LogP contribution is -1.89. The van der Waals surface area contributed by atoms with Crippen molar-refractivity contribution in [1.29, 1.82) is 0 Å². The van der Waals surface area contributed by atoms with Gasteiger partial charge >= 0.3 is 4.87 Å². The maximum absolute atomic E-state index is 10.9. The van der Waals surface area contributed by atoms with Gasteiger partial charge in [-0.1, -0.05) is 11.3 Å². The Labute approximate surface area is 95.0 Å². The van der Waals surface area contributed by atoms with Gasteiger partial charge in [-0.25, -0.2) is 0 Å². The molecule has 0 amide bonds. The van der Waals surface area contributed by atoms with Gasteiger partial charge in [-0.15, -0.1) is 0 Å². The number of phenols is 1. The molecule has 0 spiro atoms. The summed E-state index contributed by atoms with van der Waals surface area (Å²) < 4.78 is 0. The van der Waals surface area contributed by atoms with Crippen LogP contribution in [0.3, 0.4) is 0 Å². The minimum atomic E-state index is -0.336. The molecule has 0 aliphatic heterocycles. The molecule has 0 radical (unpaired) electrons. The summed E-state index contributed by atoms with van der Waals surface area (Å²) >= 11 is 0.867. The van der Waals surface area contributed by atoms with Crippen LogP contribution in [-0.4, -0.2) is 15.2 Å². The van der Waals surface area contributed by atoms with Crippen molar-refractivity contribution in [3.63, 3.8) is 0 Å². The van der Waals surface area contributed by atoms with Crippen molar-refractivity contribution in [2.45, 2.75) is 6.92 Å². The first-order valence-corrected chi connectivity index (χ1v) is 5.36. The molecule has 1 aromatic carbocycles. The summed E-state index contributed by atoms with van der Waals surface area (Å²) in [5.41, 5.74) is 1.49. The summed E-state index contributed by atoms with van der Waals surface area (Å²) in [4.78, 5) is 12.9. The molecular weight excluding hydrogens is 228 g/mol. The molecule has 2 aromatic rings. The minimum absolute atomic E-state index is 0.130. The van der Waals surface area contributed by atoms with Gasteiger partial charge in [0.25, 0.3) is 0 Å². The number of H-pyrrole nitrogens is 1. The number of aryl methyl sites for hydroxylation is 1. The molecule has 6 heteroatoms.